The highest BCUT2D eigenvalue weighted by Gasteiger charge is 2.27. The monoisotopic (exact) mass is 391 g/mol. The van der Waals surface area contributed by atoms with Gasteiger partial charge in [-0.3, -0.25) is 4.79 Å². The number of nitrogens with one attached hydrogen (secondary N) is 1. The number of rotatable bonds is 8. The van der Waals surface area contributed by atoms with Gasteiger partial charge in [-0.05, 0) is 41.3 Å². The number of halogens is 2. The van der Waals surface area contributed by atoms with Crippen LogP contribution in [0, 0.1) is 11.7 Å². The predicted molar refractivity (Wildman–Crippen MR) is 103 cm³/mol. The Bertz CT molecular complexity index is 732. The number of carboxylic acid groups (broad SMARTS) is 1. The molecule has 0 spiro atoms. The van der Waals surface area contributed by atoms with Crippen LogP contribution in [-0.2, 0) is 9.59 Å². The van der Waals surface area contributed by atoms with Gasteiger partial charge in [0.1, 0.15) is 11.9 Å². The number of amides is 1. The zero-order valence-corrected chi connectivity index (χ0v) is 16.0. The van der Waals surface area contributed by atoms with Crippen LogP contribution in [0.15, 0.2) is 48.5 Å². The number of hydrogen-bond acceptors (Lipinski definition) is 2. The Labute approximate surface area is 163 Å². The molecule has 2 rings (SSSR count). The first-order valence-corrected chi connectivity index (χ1v) is 9.22. The van der Waals surface area contributed by atoms with Gasteiger partial charge in [0.2, 0.25) is 5.91 Å². The van der Waals surface area contributed by atoms with Crippen molar-refractivity contribution >= 4 is 23.5 Å². The topological polar surface area (TPSA) is 66.4 Å². The summed E-state index contributed by atoms with van der Waals surface area (Å²) in [6.45, 7) is 3.66. The van der Waals surface area contributed by atoms with E-state index in [4.69, 9.17) is 11.6 Å². The molecule has 3 atom stereocenters. The van der Waals surface area contributed by atoms with Crippen LogP contribution in [0.3, 0.4) is 0 Å². The van der Waals surface area contributed by atoms with Crippen LogP contribution in [0.2, 0.25) is 5.02 Å². The lowest BCUT2D eigenvalue weighted by molar-refractivity contribution is -0.143. The number of carbonyl (C=O) groups excluding carboxylic acids is 1. The van der Waals surface area contributed by atoms with Gasteiger partial charge in [0.25, 0.3) is 0 Å². The molecule has 0 aromatic heterocycles. The second kappa shape index (κ2) is 9.51. The molecule has 1 unspecified atom stereocenters. The Kier molecular flexibility index (Phi) is 7.36. The summed E-state index contributed by atoms with van der Waals surface area (Å²) in [4.78, 5) is 24.1. The Hall–Kier alpha value is -2.40. The SMILES string of the molecule is CC[C@@H](C)[C@H](NC(=O)CC(c1ccc(F)cc1)c1ccc(Cl)cc1)C(=O)O. The fourth-order valence-electron chi connectivity index (χ4n) is 2.92. The molecule has 144 valence electrons. The second-order valence-electron chi connectivity index (χ2n) is 6.63. The van der Waals surface area contributed by atoms with E-state index in [1.54, 1.807) is 31.2 Å². The first-order valence-electron chi connectivity index (χ1n) is 8.85. The molecule has 27 heavy (non-hydrogen) atoms. The second-order valence-corrected chi connectivity index (χ2v) is 7.07. The molecule has 0 saturated carbocycles. The number of carbonyl (C=O) groups is 2. The van der Waals surface area contributed by atoms with Crippen LogP contribution in [0.1, 0.15) is 43.7 Å². The average molecular weight is 392 g/mol. The molecule has 1 amide bonds. The van der Waals surface area contributed by atoms with Gasteiger partial charge in [-0.15, -0.1) is 0 Å². The maximum Gasteiger partial charge on any atom is 0.326 e. The van der Waals surface area contributed by atoms with Crippen molar-refractivity contribution in [2.75, 3.05) is 0 Å². The number of hydrogen-bond donors (Lipinski definition) is 2. The quantitative estimate of drug-likeness (QED) is 0.690. The predicted octanol–water partition coefficient (Wildman–Crippen LogP) is 4.62. The third kappa shape index (κ3) is 5.79. The van der Waals surface area contributed by atoms with Gasteiger partial charge in [0.15, 0.2) is 0 Å². The largest absolute Gasteiger partial charge is 0.480 e. The molecule has 2 aromatic carbocycles. The molecule has 2 aromatic rings. The zero-order chi connectivity index (χ0) is 20.0. The highest BCUT2D eigenvalue weighted by Crippen LogP contribution is 2.29. The van der Waals surface area contributed by atoms with E-state index in [9.17, 15) is 19.1 Å². The summed E-state index contributed by atoms with van der Waals surface area (Å²) in [6.07, 6.45) is 0.684. The van der Waals surface area contributed by atoms with Crippen molar-refractivity contribution < 1.29 is 19.1 Å². The van der Waals surface area contributed by atoms with Gasteiger partial charge in [-0.25, -0.2) is 9.18 Å². The molecule has 0 radical (unpaired) electrons. The molecule has 0 fully saturated rings. The molecular weight excluding hydrogens is 369 g/mol. The van der Waals surface area contributed by atoms with Gasteiger partial charge >= 0.3 is 5.97 Å². The Morgan fingerprint density at radius 3 is 2.07 bits per heavy atom. The third-order valence-corrected chi connectivity index (χ3v) is 4.98. The van der Waals surface area contributed by atoms with E-state index >= 15 is 0 Å². The summed E-state index contributed by atoms with van der Waals surface area (Å²) in [5.74, 6) is -2.31. The molecule has 0 saturated heterocycles. The van der Waals surface area contributed by atoms with Crippen molar-refractivity contribution in [3.8, 4) is 0 Å². The smallest absolute Gasteiger partial charge is 0.326 e. The van der Waals surface area contributed by atoms with Crippen LogP contribution in [0.25, 0.3) is 0 Å². The van der Waals surface area contributed by atoms with E-state index in [2.05, 4.69) is 5.32 Å². The number of benzene rings is 2. The molecule has 0 aliphatic heterocycles. The molecular formula is C21H23ClFNO3. The minimum Gasteiger partial charge on any atom is -0.480 e. The lowest BCUT2D eigenvalue weighted by Gasteiger charge is -2.23. The van der Waals surface area contributed by atoms with Gasteiger partial charge < -0.3 is 10.4 Å². The van der Waals surface area contributed by atoms with Gasteiger partial charge in [-0.1, -0.05) is 56.1 Å². The molecule has 2 N–H and O–H groups in total. The average Bonchev–Trinajstić information content (AvgIpc) is 2.65. The summed E-state index contributed by atoms with van der Waals surface area (Å²) in [5.41, 5.74) is 1.61. The minimum atomic E-state index is -1.05. The highest BCUT2D eigenvalue weighted by atomic mass is 35.5. The summed E-state index contributed by atoms with van der Waals surface area (Å²) in [6, 6.07) is 12.1. The molecule has 0 heterocycles. The number of aliphatic carboxylic acids is 1. The summed E-state index contributed by atoms with van der Waals surface area (Å²) >= 11 is 5.95. The maximum absolute atomic E-state index is 13.3. The van der Waals surface area contributed by atoms with E-state index in [0.29, 0.717) is 11.4 Å². The summed E-state index contributed by atoms with van der Waals surface area (Å²) in [7, 11) is 0. The van der Waals surface area contributed by atoms with Gasteiger partial charge in [0, 0.05) is 17.4 Å². The van der Waals surface area contributed by atoms with Crippen LogP contribution >= 0.6 is 11.6 Å². The van der Waals surface area contributed by atoms with Crippen LogP contribution < -0.4 is 5.32 Å². The number of carboxylic acids is 1. The molecule has 6 heteroatoms. The Balaban J connectivity index is 2.25. The minimum absolute atomic E-state index is 0.0491. The van der Waals surface area contributed by atoms with E-state index in [1.165, 1.54) is 12.1 Å². The fourth-order valence-corrected chi connectivity index (χ4v) is 3.05. The molecule has 4 nitrogen and oxygen atoms in total. The maximum atomic E-state index is 13.3. The standard InChI is InChI=1S/C21H23ClFNO3/c1-3-13(2)20(21(26)27)24-19(25)12-18(14-4-8-16(22)9-5-14)15-6-10-17(23)11-7-15/h4-11,13,18,20H,3,12H2,1-2H3,(H,24,25)(H,26,27)/t13-,18?,20+/m1/s1. The molecule has 0 aliphatic carbocycles. The van der Waals surface area contributed by atoms with Crippen LogP contribution in [-0.4, -0.2) is 23.0 Å². The summed E-state index contributed by atoms with van der Waals surface area (Å²) < 4.78 is 13.3. The zero-order valence-electron chi connectivity index (χ0n) is 15.3. The van der Waals surface area contributed by atoms with Crippen LogP contribution in [0.5, 0.6) is 0 Å². The molecule has 0 aliphatic rings. The fraction of sp³-hybridized carbons (Fsp3) is 0.333. The molecule has 0 bridgehead atoms. The van der Waals surface area contributed by atoms with Gasteiger partial charge in [0.05, 0.1) is 0 Å². The summed E-state index contributed by atoms with van der Waals surface area (Å²) in [5, 5.41) is 12.6. The van der Waals surface area contributed by atoms with Crippen molar-refractivity contribution in [3.63, 3.8) is 0 Å². The first-order chi connectivity index (χ1) is 12.8. The first kappa shape index (κ1) is 20.9. The Morgan fingerprint density at radius 2 is 1.59 bits per heavy atom. The van der Waals surface area contributed by atoms with Crippen molar-refractivity contribution in [1.82, 2.24) is 5.32 Å². The third-order valence-electron chi connectivity index (χ3n) is 4.73. The van der Waals surface area contributed by atoms with Crippen molar-refractivity contribution in [2.24, 2.45) is 5.92 Å². The van der Waals surface area contributed by atoms with Gasteiger partial charge in [-0.2, -0.15) is 0 Å². The highest BCUT2D eigenvalue weighted by molar-refractivity contribution is 6.30. The lowest BCUT2D eigenvalue weighted by atomic mass is 9.88. The van der Waals surface area contributed by atoms with E-state index in [0.717, 1.165) is 11.1 Å². The van der Waals surface area contributed by atoms with Crippen molar-refractivity contribution in [3.05, 3.63) is 70.5 Å². The van der Waals surface area contributed by atoms with E-state index < -0.39 is 12.0 Å². The lowest BCUT2D eigenvalue weighted by Crippen LogP contribution is -2.45. The van der Waals surface area contributed by atoms with Crippen molar-refractivity contribution in [1.29, 1.82) is 0 Å². The van der Waals surface area contributed by atoms with Crippen molar-refractivity contribution in [2.45, 2.75) is 38.6 Å². The van der Waals surface area contributed by atoms with E-state index in [1.807, 2.05) is 19.1 Å². The van der Waals surface area contributed by atoms with E-state index in [-0.39, 0.29) is 30.0 Å². The normalized spacial score (nSPS) is 14.2. The Morgan fingerprint density at radius 1 is 1.07 bits per heavy atom. The van der Waals surface area contributed by atoms with Crippen LogP contribution in [0.4, 0.5) is 4.39 Å².